The lowest BCUT2D eigenvalue weighted by atomic mass is 10.3. The lowest BCUT2D eigenvalue weighted by Crippen LogP contribution is -2.29. The molecule has 0 saturated heterocycles. The first-order chi connectivity index (χ1) is 12.8. The van der Waals surface area contributed by atoms with Crippen molar-refractivity contribution < 1.29 is 17.5 Å². The van der Waals surface area contributed by atoms with Gasteiger partial charge < -0.3 is 4.74 Å². The van der Waals surface area contributed by atoms with Crippen molar-refractivity contribution in [3.63, 3.8) is 0 Å². The van der Waals surface area contributed by atoms with Crippen LogP contribution in [0.25, 0.3) is 0 Å². The van der Waals surface area contributed by atoms with Gasteiger partial charge in [0, 0.05) is 5.02 Å². The SMILES string of the molecule is O=S(=O)(NNc1nnc(COc2ccc(Cl)cc2)s1)c1ccc(F)c(Cl)c1. The molecule has 7 nitrogen and oxygen atoms in total. The predicted molar refractivity (Wildman–Crippen MR) is 101 cm³/mol. The monoisotopic (exact) mass is 448 g/mol. The van der Waals surface area contributed by atoms with E-state index < -0.39 is 15.8 Å². The second-order valence-electron chi connectivity index (χ2n) is 5.05. The average molecular weight is 449 g/mol. The average Bonchev–Trinajstić information content (AvgIpc) is 3.10. The molecule has 0 spiro atoms. The quantitative estimate of drug-likeness (QED) is 0.532. The van der Waals surface area contributed by atoms with Gasteiger partial charge in [-0.2, -0.15) is 0 Å². The first kappa shape index (κ1) is 19.8. The van der Waals surface area contributed by atoms with Crippen LogP contribution in [0.1, 0.15) is 5.01 Å². The molecule has 1 aromatic heterocycles. The zero-order valence-electron chi connectivity index (χ0n) is 13.3. The second kappa shape index (κ2) is 8.36. The van der Waals surface area contributed by atoms with Gasteiger partial charge in [-0.15, -0.1) is 15.0 Å². The largest absolute Gasteiger partial charge is 0.486 e. The molecule has 0 aliphatic rings. The first-order valence-corrected chi connectivity index (χ1v) is 10.3. The number of halogens is 3. The Morgan fingerprint density at radius 3 is 2.56 bits per heavy atom. The van der Waals surface area contributed by atoms with E-state index in [0.717, 1.165) is 29.5 Å². The number of rotatable bonds is 7. The number of nitrogens with one attached hydrogen (secondary N) is 2. The van der Waals surface area contributed by atoms with Crippen molar-refractivity contribution in [3.8, 4) is 5.75 Å². The van der Waals surface area contributed by atoms with Gasteiger partial charge in [-0.05, 0) is 42.5 Å². The minimum atomic E-state index is -3.96. The summed E-state index contributed by atoms with van der Waals surface area (Å²) in [5.74, 6) is -0.101. The van der Waals surface area contributed by atoms with Crippen LogP contribution in [0.5, 0.6) is 5.75 Å². The third kappa shape index (κ3) is 5.27. The molecule has 0 saturated carbocycles. The third-order valence-electron chi connectivity index (χ3n) is 3.14. The topological polar surface area (TPSA) is 93.2 Å². The molecular formula is C15H11Cl2FN4O3S2. The molecular weight excluding hydrogens is 438 g/mol. The van der Waals surface area contributed by atoms with Crippen molar-refractivity contribution in [2.24, 2.45) is 0 Å². The van der Waals surface area contributed by atoms with Crippen LogP contribution >= 0.6 is 34.5 Å². The molecule has 3 rings (SSSR count). The Kier molecular flexibility index (Phi) is 6.12. The number of hydrogen-bond donors (Lipinski definition) is 2. The van der Waals surface area contributed by atoms with Crippen molar-refractivity contribution in [1.82, 2.24) is 15.0 Å². The molecule has 0 radical (unpaired) electrons. The van der Waals surface area contributed by atoms with Gasteiger partial charge >= 0.3 is 0 Å². The molecule has 12 heteroatoms. The Morgan fingerprint density at radius 2 is 1.85 bits per heavy atom. The fourth-order valence-electron chi connectivity index (χ4n) is 1.85. The summed E-state index contributed by atoms with van der Waals surface area (Å²) in [4.78, 5) is 1.93. The van der Waals surface area contributed by atoms with Crippen LogP contribution < -0.4 is 15.0 Å². The van der Waals surface area contributed by atoms with E-state index in [1.54, 1.807) is 24.3 Å². The Bertz CT molecular complexity index is 1050. The van der Waals surface area contributed by atoms with Crippen molar-refractivity contribution >= 4 is 49.7 Å². The standard InChI is InChI=1S/C15H11Cl2FN4O3S2/c16-9-1-3-10(4-2-9)25-8-14-19-20-15(26-14)21-22-27(23,24)11-5-6-13(18)12(17)7-11/h1-7,22H,8H2,(H,20,21). The summed E-state index contributed by atoms with van der Waals surface area (Å²) in [7, 11) is -3.96. The minimum absolute atomic E-state index is 0.154. The van der Waals surface area contributed by atoms with Gasteiger partial charge in [0.2, 0.25) is 5.13 Å². The van der Waals surface area contributed by atoms with E-state index in [-0.39, 0.29) is 21.7 Å². The highest BCUT2D eigenvalue weighted by Crippen LogP contribution is 2.21. The summed E-state index contributed by atoms with van der Waals surface area (Å²) < 4.78 is 43.1. The van der Waals surface area contributed by atoms with Crippen LogP contribution in [0.2, 0.25) is 10.0 Å². The Hall–Kier alpha value is -1.98. The first-order valence-electron chi connectivity index (χ1n) is 7.27. The normalized spacial score (nSPS) is 11.4. The Labute approximate surface area is 168 Å². The van der Waals surface area contributed by atoms with Gasteiger partial charge in [-0.1, -0.05) is 34.5 Å². The van der Waals surface area contributed by atoms with E-state index in [1.807, 2.05) is 0 Å². The summed E-state index contributed by atoms with van der Waals surface area (Å²) in [6.45, 7) is 0.154. The zero-order valence-corrected chi connectivity index (χ0v) is 16.5. The number of hydrogen-bond acceptors (Lipinski definition) is 7. The second-order valence-corrected chi connectivity index (χ2v) is 8.64. The van der Waals surface area contributed by atoms with Crippen molar-refractivity contribution in [3.05, 3.63) is 63.3 Å². The molecule has 2 aromatic carbocycles. The summed E-state index contributed by atoms with van der Waals surface area (Å²) in [6, 6.07) is 9.88. The fourth-order valence-corrected chi connectivity index (χ4v) is 3.76. The van der Waals surface area contributed by atoms with E-state index in [1.165, 1.54) is 0 Å². The highest BCUT2D eigenvalue weighted by atomic mass is 35.5. The van der Waals surface area contributed by atoms with E-state index in [2.05, 4.69) is 20.5 Å². The van der Waals surface area contributed by atoms with Gasteiger partial charge in [-0.25, -0.2) is 12.8 Å². The van der Waals surface area contributed by atoms with E-state index in [4.69, 9.17) is 27.9 Å². The van der Waals surface area contributed by atoms with Gasteiger partial charge in [0.25, 0.3) is 10.0 Å². The maximum Gasteiger partial charge on any atom is 0.257 e. The number of sulfonamides is 1. The summed E-state index contributed by atoms with van der Waals surface area (Å²) in [5.41, 5.74) is 2.44. The smallest absolute Gasteiger partial charge is 0.257 e. The minimum Gasteiger partial charge on any atom is -0.486 e. The van der Waals surface area contributed by atoms with Crippen molar-refractivity contribution in [2.45, 2.75) is 11.5 Å². The molecule has 142 valence electrons. The number of aromatic nitrogens is 2. The third-order valence-corrected chi connectivity index (χ3v) is 5.74. The van der Waals surface area contributed by atoms with Crippen LogP contribution in [-0.2, 0) is 16.6 Å². The molecule has 1 heterocycles. The molecule has 0 aliphatic carbocycles. The number of benzene rings is 2. The van der Waals surface area contributed by atoms with Crippen LogP contribution in [0.3, 0.4) is 0 Å². The van der Waals surface area contributed by atoms with E-state index in [9.17, 15) is 12.8 Å². The fraction of sp³-hybridized carbons (Fsp3) is 0.0667. The Morgan fingerprint density at radius 1 is 1.11 bits per heavy atom. The van der Waals surface area contributed by atoms with Crippen LogP contribution in [0, 0.1) is 5.82 Å². The number of hydrazine groups is 1. The molecule has 2 N–H and O–H groups in total. The van der Waals surface area contributed by atoms with Gasteiger partial charge in [0.05, 0.1) is 9.92 Å². The summed E-state index contributed by atoms with van der Waals surface area (Å²) in [5, 5.41) is 8.75. The Balaban J connectivity index is 1.58. The molecule has 0 unspecified atom stereocenters. The molecule has 0 fully saturated rings. The van der Waals surface area contributed by atoms with Crippen molar-refractivity contribution in [2.75, 3.05) is 5.43 Å². The predicted octanol–water partition coefficient (Wildman–Crippen LogP) is 3.87. The van der Waals surface area contributed by atoms with Gasteiger partial charge in [0.1, 0.15) is 18.2 Å². The highest BCUT2D eigenvalue weighted by molar-refractivity contribution is 7.89. The maximum atomic E-state index is 13.2. The number of nitrogens with zero attached hydrogens (tertiary/aromatic N) is 2. The van der Waals surface area contributed by atoms with Gasteiger partial charge in [0.15, 0.2) is 5.01 Å². The van der Waals surface area contributed by atoms with E-state index >= 15 is 0 Å². The lowest BCUT2D eigenvalue weighted by molar-refractivity contribution is 0.304. The van der Waals surface area contributed by atoms with Gasteiger partial charge in [-0.3, -0.25) is 5.43 Å². The number of ether oxygens (including phenoxy) is 1. The number of anilines is 1. The zero-order chi connectivity index (χ0) is 19.4. The molecule has 0 atom stereocenters. The summed E-state index contributed by atoms with van der Waals surface area (Å²) in [6.07, 6.45) is 0. The van der Waals surface area contributed by atoms with Crippen LogP contribution in [0.15, 0.2) is 47.4 Å². The molecule has 0 aliphatic heterocycles. The van der Waals surface area contributed by atoms with Crippen LogP contribution in [-0.4, -0.2) is 18.6 Å². The summed E-state index contributed by atoms with van der Waals surface area (Å²) >= 11 is 12.5. The maximum absolute atomic E-state index is 13.2. The molecule has 0 amide bonds. The highest BCUT2D eigenvalue weighted by Gasteiger charge is 2.16. The van der Waals surface area contributed by atoms with Crippen LogP contribution in [0.4, 0.5) is 9.52 Å². The molecule has 0 bridgehead atoms. The molecule has 27 heavy (non-hydrogen) atoms. The molecule has 3 aromatic rings. The van der Waals surface area contributed by atoms with Crippen molar-refractivity contribution in [1.29, 1.82) is 0 Å². The van der Waals surface area contributed by atoms with E-state index in [0.29, 0.717) is 15.8 Å². The lowest BCUT2D eigenvalue weighted by Gasteiger charge is -2.07.